The van der Waals surface area contributed by atoms with Crippen molar-refractivity contribution in [3.8, 4) is 0 Å². The highest BCUT2D eigenvalue weighted by atomic mass is 14.6. The van der Waals surface area contributed by atoms with Crippen molar-refractivity contribution in [3.05, 3.63) is 22.8 Å². The molecule has 0 aromatic heterocycles. The second-order valence-electron chi connectivity index (χ2n) is 4.23. The zero-order valence-corrected chi connectivity index (χ0v) is 8.71. The van der Waals surface area contributed by atoms with Gasteiger partial charge >= 0.3 is 0 Å². The van der Waals surface area contributed by atoms with Crippen molar-refractivity contribution in [2.75, 3.05) is 13.1 Å². The summed E-state index contributed by atoms with van der Waals surface area (Å²) in [4.78, 5) is 6.82. The Labute approximate surface area is 87.0 Å². The second-order valence-corrected chi connectivity index (χ2v) is 4.23. The lowest BCUT2D eigenvalue weighted by molar-refractivity contribution is 0.262. The van der Waals surface area contributed by atoms with E-state index >= 15 is 0 Å². The molecule has 0 radical (unpaired) electrons. The van der Waals surface area contributed by atoms with Crippen LogP contribution in [0.5, 0.6) is 0 Å². The fraction of sp³-hybridized carbons (Fsp3) is 0.833. The van der Waals surface area contributed by atoms with Crippen molar-refractivity contribution in [3.63, 3.8) is 0 Å². The minimum Gasteiger partial charge on any atom is -0.317 e. The van der Waals surface area contributed by atoms with E-state index in [2.05, 4.69) is 9.69 Å². The molecule has 0 unspecified atom stereocenters. The molecule has 0 atom stereocenters. The minimum absolute atomic E-state index is 0.706. The van der Waals surface area contributed by atoms with E-state index in [-0.39, 0.29) is 0 Å². The van der Waals surface area contributed by atoms with Crippen LogP contribution in [0.2, 0.25) is 0 Å². The summed E-state index contributed by atoms with van der Waals surface area (Å²) in [5.41, 5.74) is 0. The van der Waals surface area contributed by atoms with Crippen molar-refractivity contribution in [1.29, 1.82) is 0 Å². The zero-order chi connectivity index (χ0) is 10.2. The Morgan fingerprint density at radius 1 is 0.786 bits per heavy atom. The summed E-state index contributed by atoms with van der Waals surface area (Å²) >= 11 is 0. The third-order valence-corrected chi connectivity index (χ3v) is 3.26. The van der Waals surface area contributed by atoms with E-state index in [1.54, 1.807) is 0 Å². The molecule has 1 rings (SSSR count). The molecule has 0 aliphatic heterocycles. The molecule has 0 N–H and O–H groups in total. The first-order valence-electron chi connectivity index (χ1n) is 5.53. The molecular weight excluding hydrogens is 172 g/mol. The van der Waals surface area contributed by atoms with Crippen LogP contribution in [-0.4, -0.2) is 13.1 Å². The lowest BCUT2D eigenvalue weighted by atomic mass is 9.79. The monoisotopic (exact) mass is 190 g/mol. The summed E-state index contributed by atoms with van der Waals surface area (Å²) in [6.07, 6.45) is 7.35. The average molecular weight is 190 g/mol. The quantitative estimate of drug-likeness (QED) is 0.601. The largest absolute Gasteiger partial charge is 0.317 e. The highest BCUT2D eigenvalue weighted by Crippen LogP contribution is 2.32. The first kappa shape index (κ1) is 11.1. The summed E-state index contributed by atoms with van der Waals surface area (Å²) in [6.45, 7) is 14.9. The van der Waals surface area contributed by atoms with Crippen LogP contribution in [0.1, 0.15) is 38.5 Å². The Kier molecular flexibility index (Phi) is 5.08. The van der Waals surface area contributed by atoms with Gasteiger partial charge in [0.05, 0.1) is 0 Å². The van der Waals surface area contributed by atoms with Gasteiger partial charge in [0.15, 0.2) is 0 Å². The molecule has 76 valence electrons. The van der Waals surface area contributed by atoms with E-state index in [9.17, 15) is 0 Å². The van der Waals surface area contributed by atoms with Crippen LogP contribution in [0.25, 0.3) is 9.69 Å². The van der Waals surface area contributed by atoms with Gasteiger partial charge in [0.25, 0.3) is 0 Å². The maximum Gasteiger partial charge on any atom is 0.214 e. The predicted octanol–water partition coefficient (Wildman–Crippen LogP) is 3.41. The van der Waals surface area contributed by atoms with Crippen LogP contribution < -0.4 is 0 Å². The molecule has 14 heavy (non-hydrogen) atoms. The van der Waals surface area contributed by atoms with Crippen molar-refractivity contribution in [2.24, 2.45) is 11.8 Å². The van der Waals surface area contributed by atoms with Gasteiger partial charge < -0.3 is 9.69 Å². The van der Waals surface area contributed by atoms with E-state index in [0.29, 0.717) is 13.1 Å². The summed E-state index contributed by atoms with van der Waals surface area (Å²) in [7, 11) is 0. The topological polar surface area (TPSA) is 8.72 Å². The molecule has 1 saturated carbocycles. The van der Waals surface area contributed by atoms with Crippen LogP contribution >= 0.6 is 0 Å². The highest BCUT2D eigenvalue weighted by molar-refractivity contribution is 4.76. The Morgan fingerprint density at radius 2 is 1.14 bits per heavy atom. The van der Waals surface area contributed by atoms with E-state index in [1.807, 2.05) is 0 Å². The molecule has 0 aromatic rings. The summed E-state index contributed by atoms with van der Waals surface area (Å²) in [6, 6.07) is 0. The molecule has 1 fully saturated rings. The van der Waals surface area contributed by atoms with Crippen LogP contribution in [0.4, 0.5) is 0 Å². The fourth-order valence-corrected chi connectivity index (χ4v) is 2.30. The van der Waals surface area contributed by atoms with Crippen molar-refractivity contribution >= 4 is 0 Å². The minimum atomic E-state index is 0.706. The Morgan fingerprint density at radius 3 is 1.43 bits per heavy atom. The predicted molar refractivity (Wildman–Crippen MR) is 57.6 cm³/mol. The molecule has 2 heteroatoms. The van der Waals surface area contributed by atoms with Crippen molar-refractivity contribution in [2.45, 2.75) is 38.5 Å². The zero-order valence-electron chi connectivity index (χ0n) is 8.71. The molecule has 0 heterocycles. The lowest BCUT2D eigenvalue weighted by Crippen LogP contribution is -2.15. The summed E-state index contributed by atoms with van der Waals surface area (Å²) < 4.78 is 0. The Balaban J connectivity index is 2.12. The number of hydrogen-bond donors (Lipinski definition) is 0. The fourth-order valence-electron chi connectivity index (χ4n) is 2.30. The average Bonchev–Trinajstić information content (AvgIpc) is 2.25. The first-order valence-corrected chi connectivity index (χ1v) is 5.53. The molecule has 0 bridgehead atoms. The number of hydrogen-bond acceptors (Lipinski definition) is 0. The number of nitrogens with zero attached hydrogens (tertiary/aromatic N) is 2. The molecule has 0 saturated heterocycles. The van der Waals surface area contributed by atoms with Crippen LogP contribution in [0, 0.1) is 25.0 Å². The Hall–Kier alpha value is -1.02. The van der Waals surface area contributed by atoms with Gasteiger partial charge in [-0.15, -0.1) is 0 Å². The van der Waals surface area contributed by atoms with E-state index in [0.717, 1.165) is 24.7 Å². The highest BCUT2D eigenvalue weighted by Gasteiger charge is 2.21. The van der Waals surface area contributed by atoms with Gasteiger partial charge in [-0.05, 0) is 37.5 Å². The van der Waals surface area contributed by atoms with Gasteiger partial charge in [0, 0.05) is 12.8 Å². The van der Waals surface area contributed by atoms with Crippen molar-refractivity contribution in [1.82, 2.24) is 0 Å². The molecule has 1 aliphatic carbocycles. The Bertz CT molecular complexity index is 200. The molecule has 0 aromatic carbocycles. The molecule has 0 amide bonds. The third-order valence-electron chi connectivity index (χ3n) is 3.26. The smallest absolute Gasteiger partial charge is 0.214 e. The van der Waals surface area contributed by atoms with Crippen LogP contribution in [0.3, 0.4) is 0 Å². The van der Waals surface area contributed by atoms with E-state index in [1.165, 1.54) is 25.7 Å². The normalized spacial score (nSPS) is 26.4. The molecule has 2 nitrogen and oxygen atoms in total. The van der Waals surface area contributed by atoms with Gasteiger partial charge in [-0.3, -0.25) is 0 Å². The van der Waals surface area contributed by atoms with Crippen LogP contribution in [-0.2, 0) is 0 Å². The number of rotatable bonds is 4. The summed E-state index contributed by atoms with van der Waals surface area (Å²) in [5.74, 6) is 1.60. The van der Waals surface area contributed by atoms with Gasteiger partial charge in [-0.1, -0.05) is 0 Å². The maximum absolute atomic E-state index is 6.74. The SMILES string of the molecule is [C-]#[N+]CCC1CCC(CC[N+]#[C-])CC1. The molecular formula is C12H18N2. The van der Waals surface area contributed by atoms with Crippen LogP contribution in [0.15, 0.2) is 0 Å². The van der Waals surface area contributed by atoms with Crippen molar-refractivity contribution < 1.29 is 0 Å². The maximum atomic E-state index is 6.74. The van der Waals surface area contributed by atoms with E-state index in [4.69, 9.17) is 13.1 Å². The first-order chi connectivity index (χ1) is 6.86. The van der Waals surface area contributed by atoms with Gasteiger partial charge in [-0.2, -0.15) is 0 Å². The second kappa shape index (κ2) is 6.44. The standard InChI is InChI=1S/C12H18N2/c1-13-9-7-11-3-5-12(6-4-11)8-10-14-2/h11-12H,3-10H2. The third kappa shape index (κ3) is 3.79. The van der Waals surface area contributed by atoms with Gasteiger partial charge in [0.1, 0.15) is 0 Å². The van der Waals surface area contributed by atoms with Gasteiger partial charge in [0.2, 0.25) is 13.1 Å². The summed E-state index contributed by atoms with van der Waals surface area (Å²) in [5, 5.41) is 0. The van der Waals surface area contributed by atoms with E-state index < -0.39 is 0 Å². The lowest BCUT2D eigenvalue weighted by Gasteiger charge is -2.26. The molecule has 0 spiro atoms. The van der Waals surface area contributed by atoms with Gasteiger partial charge in [-0.25, -0.2) is 13.1 Å². The molecule has 1 aliphatic rings.